The molecule has 0 unspecified atom stereocenters. The number of methoxy groups -OCH3 is 1. The van der Waals surface area contributed by atoms with Crippen LogP contribution in [0.15, 0.2) is 34.1 Å². The van der Waals surface area contributed by atoms with Crippen LogP contribution in [-0.2, 0) is 6.42 Å². The molecule has 18 heavy (non-hydrogen) atoms. The lowest BCUT2D eigenvalue weighted by atomic mass is 10.1. The molecule has 2 nitrogen and oxygen atoms in total. The van der Waals surface area contributed by atoms with Crippen LogP contribution >= 0.6 is 27.3 Å². The van der Waals surface area contributed by atoms with Crippen molar-refractivity contribution in [2.45, 2.75) is 6.42 Å². The number of hydrogen-bond acceptors (Lipinski definition) is 3. The van der Waals surface area contributed by atoms with Crippen LogP contribution in [0.4, 0.5) is 4.39 Å². The zero-order chi connectivity index (χ0) is 13.1. The average Bonchev–Trinajstić information content (AvgIpc) is 2.82. The van der Waals surface area contributed by atoms with Gasteiger partial charge in [0.1, 0.15) is 11.6 Å². The van der Waals surface area contributed by atoms with Gasteiger partial charge in [-0.05, 0) is 33.6 Å². The molecule has 5 heteroatoms. The highest BCUT2D eigenvalue weighted by molar-refractivity contribution is 9.10. The molecule has 0 N–H and O–H groups in total. The first kappa shape index (κ1) is 13.2. The van der Waals surface area contributed by atoms with Gasteiger partial charge in [-0.3, -0.25) is 4.79 Å². The minimum Gasteiger partial charge on any atom is -0.496 e. The zero-order valence-electron chi connectivity index (χ0n) is 9.57. The van der Waals surface area contributed by atoms with Crippen LogP contribution in [-0.4, -0.2) is 12.9 Å². The molecule has 0 bridgehead atoms. The number of rotatable bonds is 4. The number of ketones is 1. The van der Waals surface area contributed by atoms with Crippen LogP contribution in [0.5, 0.6) is 5.75 Å². The molecule has 0 aliphatic carbocycles. The summed E-state index contributed by atoms with van der Waals surface area (Å²) < 4.78 is 18.5. The van der Waals surface area contributed by atoms with Gasteiger partial charge in [0, 0.05) is 17.9 Å². The number of thiophene rings is 1. The number of benzene rings is 1. The SMILES string of the molecule is COc1csc(C(=O)Cc2ccc(F)c(Br)c2)c1. The molecule has 2 rings (SSSR count). The van der Waals surface area contributed by atoms with Gasteiger partial charge in [-0.1, -0.05) is 6.07 Å². The molecule has 0 aliphatic heterocycles. The minimum absolute atomic E-state index is 0.00167. The van der Waals surface area contributed by atoms with Crippen LogP contribution in [0, 0.1) is 5.82 Å². The smallest absolute Gasteiger partial charge is 0.177 e. The zero-order valence-corrected chi connectivity index (χ0v) is 12.0. The maximum Gasteiger partial charge on any atom is 0.177 e. The number of carbonyl (C=O) groups excluding carboxylic acids is 1. The number of Topliss-reactive ketones (excluding diaryl/α,β-unsaturated/α-hetero) is 1. The van der Waals surface area contributed by atoms with Gasteiger partial charge in [0.05, 0.1) is 16.5 Å². The van der Waals surface area contributed by atoms with Crippen molar-refractivity contribution in [1.82, 2.24) is 0 Å². The summed E-state index contributed by atoms with van der Waals surface area (Å²) in [7, 11) is 1.56. The molecule has 0 aliphatic rings. The van der Waals surface area contributed by atoms with E-state index < -0.39 is 0 Å². The fraction of sp³-hybridized carbons (Fsp3) is 0.154. The molecule has 0 radical (unpaired) electrons. The van der Waals surface area contributed by atoms with Crippen molar-refractivity contribution in [3.05, 3.63) is 50.4 Å². The molecule has 0 saturated heterocycles. The van der Waals surface area contributed by atoms with E-state index >= 15 is 0 Å². The van der Waals surface area contributed by atoms with Crippen molar-refractivity contribution in [2.75, 3.05) is 7.11 Å². The van der Waals surface area contributed by atoms with E-state index in [2.05, 4.69) is 15.9 Å². The molecule has 1 heterocycles. The number of ether oxygens (including phenoxy) is 1. The molecule has 2 aromatic rings. The van der Waals surface area contributed by atoms with Gasteiger partial charge in [0.2, 0.25) is 0 Å². The number of hydrogen-bond donors (Lipinski definition) is 0. The van der Waals surface area contributed by atoms with E-state index in [1.165, 1.54) is 17.4 Å². The van der Waals surface area contributed by atoms with Crippen LogP contribution in [0.2, 0.25) is 0 Å². The van der Waals surface area contributed by atoms with Crippen LogP contribution in [0.3, 0.4) is 0 Å². The third-order valence-corrected chi connectivity index (χ3v) is 3.99. The van der Waals surface area contributed by atoms with Crippen LogP contribution < -0.4 is 4.74 Å². The number of halogens is 2. The van der Waals surface area contributed by atoms with Crippen molar-refractivity contribution < 1.29 is 13.9 Å². The van der Waals surface area contributed by atoms with Crippen molar-refractivity contribution in [3.63, 3.8) is 0 Å². The van der Waals surface area contributed by atoms with E-state index in [-0.39, 0.29) is 18.0 Å². The topological polar surface area (TPSA) is 26.3 Å². The fourth-order valence-corrected chi connectivity index (χ4v) is 2.72. The highest BCUT2D eigenvalue weighted by Crippen LogP contribution is 2.23. The second-order valence-electron chi connectivity index (χ2n) is 3.70. The summed E-state index contributed by atoms with van der Waals surface area (Å²) in [5.41, 5.74) is 0.778. The van der Waals surface area contributed by atoms with Crippen molar-refractivity contribution >= 4 is 33.0 Å². The molecule has 94 valence electrons. The Labute approximate surface area is 117 Å². The molecular formula is C13H10BrFO2S. The lowest BCUT2D eigenvalue weighted by Gasteiger charge is -2.01. The highest BCUT2D eigenvalue weighted by Gasteiger charge is 2.11. The molecule has 0 amide bonds. The summed E-state index contributed by atoms with van der Waals surface area (Å²) >= 11 is 4.45. The Morgan fingerprint density at radius 3 is 2.83 bits per heavy atom. The van der Waals surface area contributed by atoms with E-state index in [1.54, 1.807) is 30.7 Å². The molecular weight excluding hydrogens is 319 g/mol. The summed E-state index contributed by atoms with van der Waals surface area (Å²) in [5, 5.41) is 1.79. The first-order valence-electron chi connectivity index (χ1n) is 5.20. The second-order valence-corrected chi connectivity index (χ2v) is 5.46. The lowest BCUT2D eigenvalue weighted by Crippen LogP contribution is -2.01. The first-order valence-corrected chi connectivity index (χ1v) is 6.87. The van der Waals surface area contributed by atoms with Gasteiger partial charge in [0.15, 0.2) is 5.78 Å². The molecule has 1 aromatic heterocycles. The Morgan fingerprint density at radius 1 is 1.44 bits per heavy atom. The van der Waals surface area contributed by atoms with Gasteiger partial charge in [-0.15, -0.1) is 11.3 Å². The molecule has 1 aromatic carbocycles. The minimum atomic E-state index is -0.330. The van der Waals surface area contributed by atoms with E-state index in [0.29, 0.717) is 15.1 Å². The predicted octanol–water partition coefficient (Wildman–Crippen LogP) is 4.08. The largest absolute Gasteiger partial charge is 0.496 e. The van der Waals surface area contributed by atoms with E-state index in [1.807, 2.05) is 0 Å². The Bertz CT molecular complexity index is 580. The predicted molar refractivity (Wildman–Crippen MR) is 73.0 cm³/mol. The van der Waals surface area contributed by atoms with Crippen molar-refractivity contribution in [3.8, 4) is 5.75 Å². The fourth-order valence-electron chi connectivity index (χ4n) is 1.49. The standard InChI is InChI=1S/C13H10BrFO2S/c1-17-9-6-13(18-7-9)12(16)5-8-2-3-11(15)10(14)4-8/h2-4,6-7H,5H2,1H3. The van der Waals surface area contributed by atoms with Gasteiger partial charge in [0.25, 0.3) is 0 Å². The van der Waals surface area contributed by atoms with Crippen LogP contribution in [0.1, 0.15) is 15.2 Å². The molecule has 0 spiro atoms. The molecule has 0 saturated carbocycles. The van der Waals surface area contributed by atoms with Gasteiger partial charge < -0.3 is 4.74 Å². The van der Waals surface area contributed by atoms with Gasteiger partial charge >= 0.3 is 0 Å². The maximum atomic E-state index is 13.1. The summed E-state index contributed by atoms with van der Waals surface area (Å²) in [6.07, 6.45) is 0.253. The third-order valence-electron chi connectivity index (χ3n) is 2.43. The number of carbonyl (C=O) groups is 1. The normalized spacial score (nSPS) is 10.4. The van der Waals surface area contributed by atoms with E-state index in [4.69, 9.17) is 4.74 Å². The van der Waals surface area contributed by atoms with E-state index in [9.17, 15) is 9.18 Å². The summed E-state index contributed by atoms with van der Waals surface area (Å²) in [6, 6.07) is 6.30. The van der Waals surface area contributed by atoms with Gasteiger partial charge in [-0.25, -0.2) is 4.39 Å². The highest BCUT2D eigenvalue weighted by atomic mass is 79.9. The summed E-state index contributed by atoms with van der Waals surface area (Å²) in [4.78, 5) is 12.6. The van der Waals surface area contributed by atoms with E-state index in [0.717, 1.165) is 5.56 Å². The summed E-state index contributed by atoms with van der Waals surface area (Å²) in [6.45, 7) is 0. The molecule has 0 fully saturated rings. The molecule has 0 atom stereocenters. The summed E-state index contributed by atoms with van der Waals surface area (Å²) in [5.74, 6) is 0.356. The Balaban J connectivity index is 2.13. The average molecular weight is 329 g/mol. The maximum absolute atomic E-state index is 13.1. The Morgan fingerprint density at radius 2 is 2.22 bits per heavy atom. The quantitative estimate of drug-likeness (QED) is 0.790. The second kappa shape index (κ2) is 5.63. The third kappa shape index (κ3) is 2.97. The van der Waals surface area contributed by atoms with Crippen LogP contribution in [0.25, 0.3) is 0 Å². The monoisotopic (exact) mass is 328 g/mol. The lowest BCUT2D eigenvalue weighted by molar-refractivity contribution is 0.0996. The van der Waals surface area contributed by atoms with Crippen molar-refractivity contribution in [1.29, 1.82) is 0 Å². The van der Waals surface area contributed by atoms with Gasteiger partial charge in [-0.2, -0.15) is 0 Å². The first-order chi connectivity index (χ1) is 8.60. The van der Waals surface area contributed by atoms with Crippen molar-refractivity contribution in [2.24, 2.45) is 0 Å². The Hall–Kier alpha value is -1.20. The Kier molecular flexibility index (Phi) is 4.14.